The van der Waals surface area contributed by atoms with Crippen LogP contribution in [0.1, 0.15) is 53.6 Å². The van der Waals surface area contributed by atoms with Crippen LogP contribution < -0.4 is 5.32 Å². The molecule has 2 aromatic carbocycles. The van der Waals surface area contributed by atoms with Crippen molar-refractivity contribution in [3.05, 3.63) is 81.4 Å². The SMILES string of the molecule is Cc1ccc(C(=O)Nc2nc(C)c(CCCON3C(=O)c4ccccc4C3=O)s2)cc1. The Balaban J connectivity index is 1.29. The first kappa shape index (κ1) is 20.9. The van der Waals surface area contributed by atoms with Gasteiger partial charge in [-0.15, -0.1) is 16.4 Å². The van der Waals surface area contributed by atoms with E-state index >= 15 is 0 Å². The highest BCUT2D eigenvalue weighted by atomic mass is 32.1. The van der Waals surface area contributed by atoms with Crippen molar-refractivity contribution in [1.29, 1.82) is 0 Å². The van der Waals surface area contributed by atoms with Gasteiger partial charge in [0.25, 0.3) is 17.7 Å². The molecule has 1 N–H and O–H groups in total. The molecular formula is C23H21N3O4S. The molecule has 2 heterocycles. The molecule has 0 saturated carbocycles. The third-order valence-corrected chi connectivity index (χ3v) is 6.08. The molecule has 3 aromatic rings. The number of aromatic nitrogens is 1. The van der Waals surface area contributed by atoms with E-state index in [0.717, 1.165) is 21.2 Å². The maximum absolute atomic E-state index is 12.4. The van der Waals surface area contributed by atoms with Gasteiger partial charge < -0.3 is 0 Å². The Morgan fingerprint density at radius 2 is 1.68 bits per heavy atom. The topological polar surface area (TPSA) is 88.6 Å². The molecule has 0 fully saturated rings. The summed E-state index contributed by atoms with van der Waals surface area (Å²) in [5.41, 5.74) is 3.23. The number of rotatable bonds is 7. The molecular weight excluding hydrogens is 414 g/mol. The average molecular weight is 436 g/mol. The van der Waals surface area contributed by atoms with E-state index in [1.165, 1.54) is 11.3 Å². The van der Waals surface area contributed by atoms with Gasteiger partial charge in [0.1, 0.15) is 0 Å². The molecule has 0 radical (unpaired) electrons. The molecule has 1 aromatic heterocycles. The smallest absolute Gasteiger partial charge is 0.285 e. The average Bonchev–Trinajstić information content (AvgIpc) is 3.23. The molecule has 7 nitrogen and oxygen atoms in total. The summed E-state index contributed by atoms with van der Waals surface area (Å²) in [4.78, 5) is 47.9. The van der Waals surface area contributed by atoms with Crippen molar-refractivity contribution < 1.29 is 19.2 Å². The lowest BCUT2D eigenvalue weighted by Crippen LogP contribution is -2.30. The Labute approximate surface area is 183 Å². The second-order valence-corrected chi connectivity index (χ2v) is 8.32. The number of benzene rings is 2. The molecule has 4 rings (SSSR count). The molecule has 0 unspecified atom stereocenters. The number of hydrogen-bond donors (Lipinski definition) is 1. The molecule has 31 heavy (non-hydrogen) atoms. The molecule has 0 aliphatic carbocycles. The maximum Gasteiger partial charge on any atom is 0.285 e. The summed E-state index contributed by atoms with van der Waals surface area (Å²) < 4.78 is 0. The molecule has 1 aliphatic heterocycles. The Morgan fingerprint density at radius 1 is 1.03 bits per heavy atom. The summed E-state index contributed by atoms with van der Waals surface area (Å²) in [6.07, 6.45) is 1.26. The number of anilines is 1. The summed E-state index contributed by atoms with van der Waals surface area (Å²) in [5, 5.41) is 4.21. The predicted molar refractivity (Wildman–Crippen MR) is 117 cm³/mol. The van der Waals surface area contributed by atoms with E-state index in [-0.39, 0.29) is 12.5 Å². The lowest BCUT2D eigenvalue weighted by atomic mass is 10.1. The Morgan fingerprint density at radius 3 is 2.32 bits per heavy atom. The highest BCUT2D eigenvalue weighted by Crippen LogP contribution is 2.25. The van der Waals surface area contributed by atoms with Crippen molar-refractivity contribution in [2.45, 2.75) is 26.7 Å². The fourth-order valence-corrected chi connectivity index (χ4v) is 4.26. The maximum atomic E-state index is 12.4. The normalized spacial score (nSPS) is 12.9. The van der Waals surface area contributed by atoms with E-state index in [1.54, 1.807) is 36.4 Å². The molecule has 3 amide bonds. The highest BCUT2D eigenvalue weighted by Gasteiger charge is 2.36. The first-order valence-electron chi connectivity index (χ1n) is 9.89. The van der Waals surface area contributed by atoms with Gasteiger partial charge in [0.15, 0.2) is 5.13 Å². The van der Waals surface area contributed by atoms with E-state index in [4.69, 9.17) is 4.84 Å². The molecule has 0 saturated heterocycles. The third kappa shape index (κ3) is 4.40. The number of imide groups is 1. The second kappa shape index (κ2) is 8.79. The number of aryl methyl sites for hydroxylation is 3. The monoisotopic (exact) mass is 435 g/mol. The number of nitrogens with zero attached hydrogens (tertiary/aromatic N) is 2. The number of carbonyl (C=O) groups excluding carboxylic acids is 3. The van der Waals surface area contributed by atoms with Crippen LogP contribution >= 0.6 is 11.3 Å². The van der Waals surface area contributed by atoms with Crippen LogP contribution in [0.4, 0.5) is 5.13 Å². The lowest BCUT2D eigenvalue weighted by Gasteiger charge is -2.12. The second-order valence-electron chi connectivity index (χ2n) is 7.23. The number of nitrogens with one attached hydrogen (secondary N) is 1. The van der Waals surface area contributed by atoms with Crippen molar-refractivity contribution in [2.24, 2.45) is 0 Å². The molecule has 0 spiro atoms. The summed E-state index contributed by atoms with van der Waals surface area (Å²) in [6.45, 7) is 4.07. The van der Waals surface area contributed by atoms with Gasteiger partial charge in [-0.05, 0) is 51.0 Å². The zero-order valence-electron chi connectivity index (χ0n) is 17.2. The van der Waals surface area contributed by atoms with E-state index in [2.05, 4.69) is 10.3 Å². The van der Waals surface area contributed by atoms with Crippen LogP contribution in [0, 0.1) is 13.8 Å². The third-order valence-electron chi connectivity index (χ3n) is 4.95. The lowest BCUT2D eigenvalue weighted by molar-refractivity contribution is -0.0918. The number of carbonyl (C=O) groups is 3. The van der Waals surface area contributed by atoms with Crippen molar-refractivity contribution in [3.63, 3.8) is 0 Å². The van der Waals surface area contributed by atoms with Crippen LogP contribution in [0.25, 0.3) is 0 Å². The van der Waals surface area contributed by atoms with Crippen LogP contribution in [0.5, 0.6) is 0 Å². The van der Waals surface area contributed by atoms with Gasteiger partial charge in [-0.1, -0.05) is 29.8 Å². The van der Waals surface area contributed by atoms with E-state index in [0.29, 0.717) is 34.7 Å². The highest BCUT2D eigenvalue weighted by molar-refractivity contribution is 7.15. The minimum atomic E-state index is -0.435. The van der Waals surface area contributed by atoms with Crippen LogP contribution in [0.15, 0.2) is 48.5 Å². The van der Waals surface area contributed by atoms with E-state index in [9.17, 15) is 14.4 Å². The number of amides is 3. The first-order chi connectivity index (χ1) is 14.9. The Hall–Kier alpha value is -3.36. The van der Waals surface area contributed by atoms with Gasteiger partial charge in [0.05, 0.1) is 23.4 Å². The van der Waals surface area contributed by atoms with Crippen molar-refractivity contribution in [1.82, 2.24) is 10.0 Å². The molecule has 158 valence electrons. The van der Waals surface area contributed by atoms with E-state index in [1.807, 2.05) is 26.0 Å². The summed E-state index contributed by atoms with van der Waals surface area (Å²) in [5.74, 6) is -1.07. The number of hydrogen-bond acceptors (Lipinski definition) is 6. The van der Waals surface area contributed by atoms with Gasteiger partial charge in [-0.25, -0.2) is 4.98 Å². The first-order valence-corrected chi connectivity index (χ1v) is 10.7. The van der Waals surface area contributed by atoms with Crippen molar-refractivity contribution >= 4 is 34.2 Å². The fourth-order valence-electron chi connectivity index (χ4n) is 3.26. The zero-order valence-corrected chi connectivity index (χ0v) is 18.0. The van der Waals surface area contributed by atoms with Gasteiger partial charge >= 0.3 is 0 Å². The molecule has 0 bridgehead atoms. The quantitative estimate of drug-likeness (QED) is 0.444. The van der Waals surface area contributed by atoms with Gasteiger partial charge in [-0.2, -0.15) is 0 Å². The predicted octanol–water partition coefficient (Wildman–Crippen LogP) is 4.17. The minimum Gasteiger partial charge on any atom is -0.298 e. The fraction of sp³-hybridized carbons (Fsp3) is 0.217. The number of thiazole rings is 1. The Kier molecular flexibility index (Phi) is 5.92. The summed E-state index contributed by atoms with van der Waals surface area (Å²) >= 11 is 1.41. The van der Waals surface area contributed by atoms with Gasteiger partial charge in [-0.3, -0.25) is 24.5 Å². The van der Waals surface area contributed by atoms with Crippen LogP contribution in [0.2, 0.25) is 0 Å². The molecule has 0 atom stereocenters. The number of hydroxylamine groups is 2. The molecule has 8 heteroatoms. The van der Waals surface area contributed by atoms with Crippen molar-refractivity contribution in [2.75, 3.05) is 11.9 Å². The van der Waals surface area contributed by atoms with Crippen LogP contribution in [0.3, 0.4) is 0 Å². The molecule has 1 aliphatic rings. The van der Waals surface area contributed by atoms with Crippen molar-refractivity contribution in [3.8, 4) is 0 Å². The standard InChI is InChI=1S/C23H21N3O4S/c1-14-9-11-16(12-10-14)20(27)25-23-24-15(2)19(31-23)8-5-13-30-26-21(28)17-6-3-4-7-18(17)22(26)29/h3-4,6-7,9-12H,5,8,13H2,1-2H3,(H,24,25,27). The Bertz CT molecular complexity index is 1120. The van der Waals surface area contributed by atoms with Gasteiger partial charge in [0.2, 0.25) is 0 Å². The zero-order chi connectivity index (χ0) is 22.0. The van der Waals surface area contributed by atoms with Crippen LogP contribution in [-0.4, -0.2) is 34.4 Å². The number of fused-ring (bicyclic) bond motifs is 1. The van der Waals surface area contributed by atoms with Crippen LogP contribution in [-0.2, 0) is 11.3 Å². The summed E-state index contributed by atoms with van der Waals surface area (Å²) in [7, 11) is 0. The summed E-state index contributed by atoms with van der Waals surface area (Å²) in [6, 6.07) is 14.0. The largest absolute Gasteiger partial charge is 0.298 e. The van der Waals surface area contributed by atoms with Gasteiger partial charge in [0, 0.05) is 10.4 Å². The minimum absolute atomic E-state index is 0.200. The van der Waals surface area contributed by atoms with E-state index < -0.39 is 11.8 Å².